The van der Waals surface area contributed by atoms with Crippen LogP contribution in [0.1, 0.15) is 44.1 Å². The molecular weight excluding hydrogens is 196 g/mol. The number of ketones is 1. The fourth-order valence-electron chi connectivity index (χ4n) is 1.93. The average Bonchev–Trinajstić information content (AvgIpc) is 2.32. The van der Waals surface area contributed by atoms with Crippen molar-refractivity contribution in [2.45, 2.75) is 38.5 Å². The molecule has 0 saturated carbocycles. The highest BCUT2D eigenvalue weighted by molar-refractivity contribution is 5.85. The maximum atomic E-state index is 12.0. The third-order valence-corrected chi connectivity index (χ3v) is 2.83. The Morgan fingerprint density at radius 2 is 2.06 bits per heavy atom. The van der Waals surface area contributed by atoms with Gasteiger partial charge in [-0.1, -0.05) is 43.3 Å². The van der Waals surface area contributed by atoms with Crippen LogP contribution in [0.25, 0.3) is 0 Å². The number of carbonyl (C=O) groups excluding carboxylic acids is 1. The lowest BCUT2D eigenvalue weighted by atomic mass is 9.90. The maximum absolute atomic E-state index is 12.0. The van der Waals surface area contributed by atoms with E-state index in [0.717, 1.165) is 24.8 Å². The Bertz CT molecular complexity index is 327. The molecule has 0 amide bonds. The molecule has 86 valence electrons. The van der Waals surface area contributed by atoms with Gasteiger partial charge in [0.1, 0.15) is 5.78 Å². The monoisotopic (exact) mass is 216 g/mol. The Morgan fingerprint density at radius 3 is 2.62 bits per heavy atom. The molecule has 0 aliphatic carbocycles. The van der Waals surface area contributed by atoms with E-state index in [2.05, 4.69) is 13.5 Å². The molecule has 0 saturated heterocycles. The zero-order valence-corrected chi connectivity index (χ0v) is 9.99. The minimum Gasteiger partial charge on any atom is -0.299 e. The summed E-state index contributed by atoms with van der Waals surface area (Å²) in [7, 11) is 0. The van der Waals surface area contributed by atoms with Gasteiger partial charge in [0, 0.05) is 12.3 Å². The van der Waals surface area contributed by atoms with Crippen LogP contribution in [0.5, 0.6) is 0 Å². The molecular formula is C15H20O. The van der Waals surface area contributed by atoms with Crippen LogP contribution in [-0.4, -0.2) is 5.78 Å². The Labute approximate surface area is 98.2 Å². The maximum Gasteiger partial charge on any atom is 0.140 e. The smallest absolute Gasteiger partial charge is 0.140 e. The lowest BCUT2D eigenvalue weighted by molar-refractivity contribution is -0.120. The van der Waals surface area contributed by atoms with E-state index in [1.807, 2.05) is 36.4 Å². The second-order valence-corrected chi connectivity index (χ2v) is 4.02. The van der Waals surface area contributed by atoms with Gasteiger partial charge in [-0.15, -0.1) is 6.58 Å². The predicted molar refractivity (Wildman–Crippen MR) is 68.5 cm³/mol. The van der Waals surface area contributed by atoms with Crippen molar-refractivity contribution in [2.24, 2.45) is 0 Å². The van der Waals surface area contributed by atoms with Gasteiger partial charge in [0.15, 0.2) is 0 Å². The SMILES string of the molecule is C=CCCCC(=O)C(CC)c1ccccc1. The van der Waals surface area contributed by atoms with Gasteiger partial charge >= 0.3 is 0 Å². The lowest BCUT2D eigenvalue weighted by Gasteiger charge is -2.13. The Balaban J connectivity index is 2.60. The second-order valence-electron chi connectivity index (χ2n) is 4.02. The Hall–Kier alpha value is -1.37. The first kappa shape index (κ1) is 12.7. The van der Waals surface area contributed by atoms with Gasteiger partial charge in [0.05, 0.1) is 0 Å². The number of allylic oxidation sites excluding steroid dienone is 1. The molecule has 1 aromatic rings. The van der Waals surface area contributed by atoms with Gasteiger partial charge in [-0.25, -0.2) is 0 Å². The predicted octanol–water partition coefficient (Wildman–Crippen LogP) is 4.11. The first-order valence-corrected chi connectivity index (χ1v) is 5.98. The molecule has 0 aliphatic heterocycles. The molecule has 1 unspecified atom stereocenters. The van der Waals surface area contributed by atoms with Crippen LogP contribution in [0.3, 0.4) is 0 Å². The Morgan fingerprint density at radius 1 is 1.38 bits per heavy atom. The summed E-state index contributed by atoms with van der Waals surface area (Å²) in [6, 6.07) is 10.1. The summed E-state index contributed by atoms with van der Waals surface area (Å²) in [5.41, 5.74) is 1.15. The molecule has 0 radical (unpaired) electrons. The number of hydrogen-bond donors (Lipinski definition) is 0. The molecule has 1 heteroatoms. The summed E-state index contributed by atoms with van der Waals surface area (Å²) < 4.78 is 0. The van der Waals surface area contributed by atoms with Crippen molar-refractivity contribution in [3.8, 4) is 0 Å². The number of Topliss-reactive ketones (excluding diaryl/α,β-unsaturated/α-hetero) is 1. The van der Waals surface area contributed by atoms with Crippen molar-refractivity contribution in [2.75, 3.05) is 0 Å². The van der Waals surface area contributed by atoms with Gasteiger partial charge < -0.3 is 0 Å². The highest BCUT2D eigenvalue weighted by Crippen LogP contribution is 2.22. The van der Waals surface area contributed by atoms with E-state index >= 15 is 0 Å². The van der Waals surface area contributed by atoms with Crippen molar-refractivity contribution in [3.63, 3.8) is 0 Å². The van der Waals surface area contributed by atoms with Crippen LogP contribution in [-0.2, 0) is 4.79 Å². The van der Waals surface area contributed by atoms with Crippen LogP contribution in [0, 0.1) is 0 Å². The average molecular weight is 216 g/mol. The molecule has 0 heterocycles. The standard InChI is InChI=1S/C15H20O/c1-3-5-7-12-15(16)14(4-2)13-10-8-6-9-11-13/h3,6,8-11,14H,1,4-5,7,12H2,2H3. The van der Waals surface area contributed by atoms with Gasteiger partial charge in [0.2, 0.25) is 0 Å². The minimum absolute atomic E-state index is 0.0750. The molecule has 0 aliphatic rings. The number of hydrogen-bond acceptors (Lipinski definition) is 1. The highest BCUT2D eigenvalue weighted by atomic mass is 16.1. The molecule has 1 aromatic carbocycles. The zero-order chi connectivity index (χ0) is 11.8. The quantitative estimate of drug-likeness (QED) is 0.495. The third kappa shape index (κ3) is 3.65. The summed E-state index contributed by atoms with van der Waals surface area (Å²) in [4.78, 5) is 12.0. The van der Waals surface area contributed by atoms with E-state index in [4.69, 9.17) is 0 Å². The summed E-state index contributed by atoms with van der Waals surface area (Å²) in [6.07, 6.45) is 5.27. The van der Waals surface area contributed by atoms with E-state index in [0.29, 0.717) is 12.2 Å². The zero-order valence-electron chi connectivity index (χ0n) is 9.99. The normalized spacial score (nSPS) is 12.1. The van der Waals surface area contributed by atoms with Crippen molar-refractivity contribution < 1.29 is 4.79 Å². The van der Waals surface area contributed by atoms with Gasteiger partial charge in [0.25, 0.3) is 0 Å². The number of rotatable bonds is 7. The number of carbonyl (C=O) groups is 1. The summed E-state index contributed by atoms with van der Waals surface area (Å²) >= 11 is 0. The van der Waals surface area contributed by atoms with Crippen LogP contribution < -0.4 is 0 Å². The van der Waals surface area contributed by atoms with Gasteiger partial charge in [-0.3, -0.25) is 4.79 Å². The molecule has 0 bridgehead atoms. The van der Waals surface area contributed by atoms with E-state index in [9.17, 15) is 4.79 Å². The first-order chi connectivity index (χ1) is 7.79. The van der Waals surface area contributed by atoms with Crippen molar-refractivity contribution in [1.82, 2.24) is 0 Å². The summed E-state index contributed by atoms with van der Waals surface area (Å²) in [5.74, 6) is 0.432. The van der Waals surface area contributed by atoms with E-state index in [1.54, 1.807) is 0 Å². The van der Waals surface area contributed by atoms with Crippen LogP contribution >= 0.6 is 0 Å². The molecule has 0 aromatic heterocycles. The third-order valence-electron chi connectivity index (χ3n) is 2.83. The first-order valence-electron chi connectivity index (χ1n) is 5.98. The molecule has 1 rings (SSSR count). The largest absolute Gasteiger partial charge is 0.299 e. The van der Waals surface area contributed by atoms with Crippen molar-refractivity contribution in [1.29, 1.82) is 0 Å². The highest BCUT2D eigenvalue weighted by Gasteiger charge is 2.17. The molecule has 0 spiro atoms. The van der Waals surface area contributed by atoms with Crippen LogP contribution in [0.2, 0.25) is 0 Å². The van der Waals surface area contributed by atoms with Gasteiger partial charge in [-0.2, -0.15) is 0 Å². The number of unbranched alkanes of at least 4 members (excludes halogenated alkanes) is 1. The molecule has 0 N–H and O–H groups in total. The van der Waals surface area contributed by atoms with E-state index < -0.39 is 0 Å². The van der Waals surface area contributed by atoms with Gasteiger partial charge in [-0.05, 0) is 24.8 Å². The molecule has 1 nitrogen and oxygen atoms in total. The molecule has 0 fully saturated rings. The van der Waals surface area contributed by atoms with E-state index in [1.165, 1.54) is 0 Å². The lowest BCUT2D eigenvalue weighted by Crippen LogP contribution is -2.11. The fraction of sp³-hybridized carbons (Fsp3) is 0.400. The van der Waals surface area contributed by atoms with Crippen LogP contribution in [0.15, 0.2) is 43.0 Å². The minimum atomic E-state index is 0.0750. The fourth-order valence-corrected chi connectivity index (χ4v) is 1.93. The van der Waals surface area contributed by atoms with Crippen molar-refractivity contribution >= 4 is 5.78 Å². The topological polar surface area (TPSA) is 17.1 Å². The number of benzene rings is 1. The van der Waals surface area contributed by atoms with Crippen LogP contribution in [0.4, 0.5) is 0 Å². The van der Waals surface area contributed by atoms with E-state index in [-0.39, 0.29) is 5.92 Å². The Kier molecular flexibility index (Phi) is 5.55. The summed E-state index contributed by atoms with van der Waals surface area (Å²) in [5, 5.41) is 0. The van der Waals surface area contributed by atoms with Crippen molar-refractivity contribution in [3.05, 3.63) is 48.6 Å². The molecule has 16 heavy (non-hydrogen) atoms. The molecule has 1 atom stereocenters. The second kappa shape index (κ2) is 7.00. The summed E-state index contributed by atoms with van der Waals surface area (Å²) in [6.45, 7) is 5.74.